The summed E-state index contributed by atoms with van der Waals surface area (Å²) < 4.78 is 10.5. The topological polar surface area (TPSA) is 67.8 Å². The lowest BCUT2D eigenvalue weighted by Gasteiger charge is -2.33. The monoisotopic (exact) mass is 323 g/mol. The van der Waals surface area contributed by atoms with E-state index in [1.165, 1.54) is 0 Å². The Labute approximate surface area is 139 Å². The van der Waals surface area contributed by atoms with Gasteiger partial charge in [0.1, 0.15) is 5.60 Å². The molecule has 23 heavy (non-hydrogen) atoms. The Morgan fingerprint density at radius 2 is 1.83 bits per heavy atom. The van der Waals surface area contributed by atoms with E-state index >= 15 is 0 Å². The number of ether oxygens (including phenoxy) is 2. The molecule has 1 aromatic carbocycles. The van der Waals surface area contributed by atoms with E-state index < -0.39 is 17.1 Å². The molecule has 0 spiro atoms. The summed E-state index contributed by atoms with van der Waals surface area (Å²) in [7, 11) is 1.62. The second kappa shape index (κ2) is 8.31. The van der Waals surface area contributed by atoms with Gasteiger partial charge in [0.2, 0.25) is 0 Å². The van der Waals surface area contributed by atoms with Crippen molar-refractivity contribution in [3.05, 3.63) is 35.4 Å². The van der Waals surface area contributed by atoms with Crippen LogP contribution in [0.2, 0.25) is 0 Å². The summed E-state index contributed by atoms with van der Waals surface area (Å²) in [6.45, 7) is 8.15. The molecule has 1 rings (SSSR count). The molecule has 1 atom stereocenters. The molecule has 0 heterocycles. The van der Waals surface area contributed by atoms with Crippen molar-refractivity contribution in [2.45, 2.75) is 45.1 Å². The Balaban J connectivity index is 2.91. The molecule has 0 bridgehead atoms. The standard InChI is InChI=1S/C18H29NO4/c1-14-6-8-15(9-7-14)18(13-20,10-11-22-5)12-19-16(21)23-17(2,3)4/h6-9,20H,10-13H2,1-5H3,(H,19,21). The van der Waals surface area contributed by atoms with Crippen LogP contribution in [0.25, 0.3) is 0 Å². The maximum atomic E-state index is 11.9. The Kier molecular flexibility index (Phi) is 7.03. The Hall–Kier alpha value is -1.59. The minimum Gasteiger partial charge on any atom is -0.444 e. The summed E-state index contributed by atoms with van der Waals surface area (Å²) in [4.78, 5) is 11.9. The Morgan fingerprint density at radius 1 is 1.22 bits per heavy atom. The van der Waals surface area contributed by atoms with E-state index in [1.54, 1.807) is 7.11 Å². The number of carbonyl (C=O) groups is 1. The van der Waals surface area contributed by atoms with E-state index in [9.17, 15) is 9.90 Å². The number of aryl methyl sites for hydroxylation is 1. The van der Waals surface area contributed by atoms with E-state index in [-0.39, 0.29) is 13.2 Å². The van der Waals surface area contributed by atoms with E-state index in [2.05, 4.69) is 5.32 Å². The average Bonchev–Trinajstić information content (AvgIpc) is 2.47. The highest BCUT2D eigenvalue weighted by Crippen LogP contribution is 2.28. The first-order valence-electron chi connectivity index (χ1n) is 7.86. The Morgan fingerprint density at radius 3 is 2.30 bits per heavy atom. The molecule has 1 aromatic rings. The third-order valence-electron chi connectivity index (χ3n) is 3.72. The predicted molar refractivity (Wildman–Crippen MR) is 90.7 cm³/mol. The fourth-order valence-electron chi connectivity index (χ4n) is 2.32. The first-order chi connectivity index (χ1) is 10.7. The molecule has 0 radical (unpaired) electrons. The SMILES string of the molecule is COCCC(CO)(CNC(=O)OC(C)(C)C)c1ccc(C)cc1. The fraction of sp³-hybridized carbons (Fsp3) is 0.611. The Bertz CT molecular complexity index is 493. The van der Waals surface area contributed by atoms with Crippen LogP contribution >= 0.6 is 0 Å². The quantitative estimate of drug-likeness (QED) is 0.809. The summed E-state index contributed by atoms with van der Waals surface area (Å²) in [5.74, 6) is 0. The molecule has 5 nitrogen and oxygen atoms in total. The van der Waals surface area contributed by atoms with Gasteiger partial charge in [0.25, 0.3) is 0 Å². The van der Waals surface area contributed by atoms with Gasteiger partial charge in [0, 0.05) is 25.7 Å². The van der Waals surface area contributed by atoms with Gasteiger partial charge in [0.15, 0.2) is 0 Å². The van der Waals surface area contributed by atoms with Crippen molar-refractivity contribution < 1.29 is 19.4 Å². The van der Waals surface area contributed by atoms with Crippen molar-refractivity contribution >= 4 is 6.09 Å². The van der Waals surface area contributed by atoms with Gasteiger partial charge >= 0.3 is 6.09 Å². The van der Waals surface area contributed by atoms with Crippen molar-refractivity contribution in [3.63, 3.8) is 0 Å². The third kappa shape index (κ3) is 6.20. The second-order valence-corrected chi connectivity index (χ2v) is 6.90. The number of carbonyl (C=O) groups excluding carboxylic acids is 1. The first-order valence-corrected chi connectivity index (χ1v) is 7.86. The van der Waals surface area contributed by atoms with Crippen LogP contribution in [0.3, 0.4) is 0 Å². The largest absolute Gasteiger partial charge is 0.444 e. The maximum absolute atomic E-state index is 11.9. The molecule has 0 aliphatic heterocycles. The number of benzene rings is 1. The molecule has 0 aliphatic carbocycles. The molecule has 130 valence electrons. The van der Waals surface area contributed by atoms with Crippen LogP contribution in [0.1, 0.15) is 38.3 Å². The fourth-order valence-corrected chi connectivity index (χ4v) is 2.32. The van der Waals surface area contributed by atoms with Gasteiger partial charge in [-0.1, -0.05) is 29.8 Å². The molecule has 1 amide bonds. The van der Waals surface area contributed by atoms with Gasteiger partial charge in [-0.2, -0.15) is 0 Å². The smallest absolute Gasteiger partial charge is 0.407 e. The zero-order valence-electron chi connectivity index (χ0n) is 14.8. The number of methoxy groups -OCH3 is 1. The average molecular weight is 323 g/mol. The lowest BCUT2D eigenvalue weighted by molar-refractivity contribution is 0.0489. The molecule has 0 aliphatic rings. The third-order valence-corrected chi connectivity index (χ3v) is 3.72. The number of hydrogen-bond donors (Lipinski definition) is 2. The summed E-state index contributed by atoms with van der Waals surface area (Å²) in [5, 5.41) is 12.8. The van der Waals surface area contributed by atoms with Gasteiger partial charge in [-0.05, 0) is 39.7 Å². The van der Waals surface area contributed by atoms with E-state index in [0.717, 1.165) is 11.1 Å². The molecule has 2 N–H and O–H groups in total. The zero-order chi connectivity index (χ0) is 17.5. The van der Waals surface area contributed by atoms with Crippen molar-refractivity contribution in [1.29, 1.82) is 0 Å². The van der Waals surface area contributed by atoms with Crippen LogP contribution in [0.5, 0.6) is 0 Å². The van der Waals surface area contributed by atoms with Crippen LogP contribution in [-0.2, 0) is 14.9 Å². The zero-order valence-corrected chi connectivity index (χ0v) is 14.8. The molecule has 0 fully saturated rings. The van der Waals surface area contributed by atoms with Gasteiger partial charge in [-0.3, -0.25) is 0 Å². The predicted octanol–water partition coefficient (Wildman–Crippen LogP) is 2.79. The number of aliphatic hydroxyl groups excluding tert-OH is 1. The highest BCUT2D eigenvalue weighted by molar-refractivity contribution is 5.67. The highest BCUT2D eigenvalue weighted by Gasteiger charge is 2.32. The number of aliphatic hydroxyl groups is 1. The first kappa shape index (κ1) is 19.5. The number of rotatable bonds is 7. The van der Waals surface area contributed by atoms with E-state index in [0.29, 0.717) is 13.0 Å². The minimum absolute atomic E-state index is 0.0881. The van der Waals surface area contributed by atoms with Crippen LogP contribution in [0, 0.1) is 6.92 Å². The maximum Gasteiger partial charge on any atom is 0.407 e. The van der Waals surface area contributed by atoms with E-state index in [1.807, 2.05) is 52.0 Å². The van der Waals surface area contributed by atoms with Crippen LogP contribution in [0.15, 0.2) is 24.3 Å². The molecular weight excluding hydrogens is 294 g/mol. The summed E-state index contributed by atoms with van der Waals surface area (Å²) in [6, 6.07) is 7.97. The van der Waals surface area contributed by atoms with Gasteiger partial charge < -0.3 is 19.9 Å². The van der Waals surface area contributed by atoms with Crippen LogP contribution in [-0.4, -0.2) is 43.7 Å². The number of amides is 1. The minimum atomic E-state index is -0.597. The molecule has 1 unspecified atom stereocenters. The van der Waals surface area contributed by atoms with Crippen molar-refractivity contribution in [3.8, 4) is 0 Å². The number of alkyl carbamates (subject to hydrolysis) is 1. The normalized spacial score (nSPS) is 14.2. The highest BCUT2D eigenvalue weighted by atomic mass is 16.6. The van der Waals surface area contributed by atoms with Gasteiger partial charge in [-0.15, -0.1) is 0 Å². The van der Waals surface area contributed by atoms with Crippen molar-refractivity contribution in [2.24, 2.45) is 0 Å². The summed E-state index contributed by atoms with van der Waals surface area (Å²) in [6.07, 6.45) is 0.110. The number of nitrogens with one attached hydrogen (secondary N) is 1. The van der Waals surface area contributed by atoms with Gasteiger partial charge in [0.05, 0.1) is 6.61 Å². The second-order valence-electron chi connectivity index (χ2n) is 6.90. The van der Waals surface area contributed by atoms with E-state index in [4.69, 9.17) is 9.47 Å². The lowest BCUT2D eigenvalue weighted by atomic mass is 9.78. The summed E-state index contributed by atoms with van der Waals surface area (Å²) in [5.41, 5.74) is 0.967. The number of hydrogen-bond acceptors (Lipinski definition) is 4. The molecule has 0 saturated heterocycles. The van der Waals surface area contributed by atoms with Crippen LogP contribution in [0.4, 0.5) is 4.79 Å². The lowest BCUT2D eigenvalue weighted by Crippen LogP contribution is -2.45. The molecular formula is C18H29NO4. The molecule has 0 saturated carbocycles. The molecule has 0 aromatic heterocycles. The molecule has 5 heteroatoms. The van der Waals surface area contributed by atoms with Crippen molar-refractivity contribution in [1.82, 2.24) is 5.32 Å². The van der Waals surface area contributed by atoms with Crippen LogP contribution < -0.4 is 5.32 Å². The van der Waals surface area contributed by atoms with Gasteiger partial charge in [-0.25, -0.2) is 4.79 Å². The van der Waals surface area contributed by atoms with Crippen molar-refractivity contribution in [2.75, 3.05) is 26.9 Å². The summed E-state index contributed by atoms with van der Waals surface area (Å²) >= 11 is 0.